The van der Waals surface area contributed by atoms with Crippen molar-refractivity contribution in [3.63, 3.8) is 0 Å². The Morgan fingerprint density at radius 3 is 2.74 bits per heavy atom. The summed E-state index contributed by atoms with van der Waals surface area (Å²) in [5, 5.41) is 6.70. The zero-order valence-corrected chi connectivity index (χ0v) is 12.1. The molecule has 4 heteroatoms. The first-order valence-electron chi connectivity index (χ1n) is 6.57. The van der Waals surface area contributed by atoms with E-state index < -0.39 is 0 Å². The Morgan fingerprint density at radius 1 is 1.26 bits per heavy atom. The highest BCUT2D eigenvalue weighted by Gasteiger charge is 2.18. The van der Waals surface area contributed by atoms with Gasteiger partial charge in [-0.15, -0.1) is 11.3 Å². The molecule has 0 radical (unpaired) electrons. The Labute approximate surface area is 117 Å². The number of aryl methyl sites for hydroxylation is 2. The molecule has 100 valence electrons. The largest absolute Gasteiger partial charge is 0.378 e. The van der Waals surface area contributed by atoms with Crippen LogP contribution in [0.5, 0.6) is 0 Å². The fraction of sp³-hybridized carbons (Fsp3) is 0.400. The third-order valence-electron chi connectivity index (χ3n) is 3.26. The van der Waals surface area contributed by atoms with Gasteiger partial charge in [-0.3, -0.25) is 0 Å². The van der Waals surface area contributed by atoms with E-state index in [1.807, 2.05) is 0 Å². The molecule has 3 nitrogen and oxygen atoms in total. The monoisotopic (exact) mass is 274 g/mol. The van der Waals surface area contributed by atoms with Crippen LogP contribution < -0.4 is 5.32 Å². The van der Waals surface area contributed by atoms with E-state index in [1.165, 1.54) is 16.7 Å². The molecule has 1 aliphatic heterocycles. The lowest BCUT2D eigenvalue weighted by molar-refractivity contribution is 0.0768. The van der Waals surface area contributed by atoms with Gasteiger partial charge >= 0.3 is 0 Å². The number of ether oxygens (including phenoxy) is 1. The van der Waals surface area contributed by atoms with Crippen molar-refractivity contribution in [2.75, 3.05) is 19.8 Å². The maximum Gasteiger partial charge on any atom is 0.113 e. The maximum atomic E-state index is 5.49. The molecule has 2 aromatic rings. The van der Waals surface area contributed by atoms with Gasteiger partial charge < -0.3 is 10.1 Å². The van der Waals surface area contributed by atoms with Gasteiger partial charge in [-0.1, -0.05) is 17.2 Å². The number of aromatic nitrogens is 1. The van der Waals surface area contributed by atoms with Gasteiger partial charge in [-0.05, 0) is 26.0 Å². The maximum absolute atomic E-state index is 5.49. The van der Waals surface area contributed by atoms with Crippen molar-refractivity contribution in [2.24, 2.45) is 0 Å². The Morgan fingerprint density at radius 2 is 2.05 bits per heavy atom. The molecule has 1 aliphatic rings. The molecule has 0 aliphatic carbocycles. The Hall–Kier alpha value is -1.23. The van der Waals surface area contributed by atoms with Crippen molar-refractivity contribution in [1.29, 1.82) is 0 Å². The van der Waals surface area contributed by atoms with Gasteiger partial charge in [0.2, 0.25) is 0 Å². The Balaban J connectivity index is 1.87. The normalized spacial score (nSPS) is 19.6. The zero-order valence-electron chi connectivity index (χ0n) is 11.3. The topological polar surface area (TPSA) is 34.1 Å². The van der Waals surface area contributed by atoms with E-state index in [-0.39, 0.29) is 6.04 Å². The molecular weight excluding hydrogens is 256 g/mol. The van der Waals surface area contributed by atoms with Crippen LogP contribution in [0, 0.1) is 13.8 Å². The van der Waals surface area contributed by atoms with Crippen LogP contribution in [-0.4, -0.2) is 24.7 Å². The molecule has 3 rings (SSSR count). The summed E-state index contributed by atoms with van der Waals surface area (Å²) in [5.74, 6) is 0. The van der Waals surface area contributed by atoms with Crippen LogP contribution in [-0.2, 0) is 4.74 Å². The standard InChI is InChI=1S/C15H18N2OS/c1-10-5-11(2)7-12(6-10)14-9-19-15(17-14)13-8-18-4-3-16-13/h5-7,9,13,16H,3-4,8H2,1-2H3. The molecular formula is C15H18N2OS. The smallest absolute Gasteiger partial charge is 0.113 e. The van der Waals surface area contributed by atoms with E-state index in [0.717, 1.165) is 30.5 Å². The highest BCUT2D eigenvalue weighted by Crippen LogP contribution is 2.27. The quantitative estimate of drug-likeness (QED) is 0.914. The minimum atomic E-state index is 0.249. The minimum Gasteiger partial charge on any atom is -0.378 e. The van der Waals surface area contributed by atoms with Crippen molar-refractivity contribution >= 4 is 11.3 Å². The number of thiazole rings is 1. The van der Waals surface area contributed by atoms with E-state index in [2.05, 4.69) is 42.7 Å². The van der Waals surface area contributed by atoms with Crippen molar-refractivity contribution in [3.05, 3.63) is 39.7 Å². The van der Waals surface area contributed by atoms with Crippen LogP contribution in [0.25, 0.3) is 11.3 Å². The fourth-order valence-electron chi connectivity index (χ4n) is 2.43. The molecule has 2 heterocycles. The van der Waals surface area contributed by atoms with Gasteiger partial charge in [-0.2, -0.15) is 0 Å². The molecule has 1 fully saturated rings. The second kappa shape index (κ2) is 5.41. The van der Waals surface area contributed by atoms with Gasteiger partial charge in [0, 0.05) is 17.5 Å². The third kappa shape index (κ3) is 2.86. The average molecular weight is 274 g/mol. The molecule has 0 bridgehead atoms. The van der Waals surface area contributed by atoms with Gasteiger partial charge in [-0.25, -0.2) is 4.98 Å². The van der Waals surface area contributed by atoms with Crippen LogP contribution in [0.4, 0.5) is 0 Å². The van der Waals surface area contributed by atoms with Crippen molar-refractivity contribution in [1.82, 2.24) is 10.3 Å². The van der Waals surface area contributed by atoms with Crippen molar-refractivity contribution < 1.29 is 4.74 Å². The highest BCUT2D eigenvalue weighted by atomic mass is 32.1. The molecule has 1 saturated heterocycles. The lowest BCUT2D eigenvalue weighted by atomic mass is 10.1. The van der Waals surface area contributed by atoms with E-state index in [9.17, 15) is 0 Å². The van der Waals surface area contributed by atoms with E-state index in [1.54, 1.807) is 11.3 Å². The number of benzene rings is 1. The van der Waals surface area contributed by atoms with Crippen LogP contribution in [0.2, 0.25) is 0 Å². The van der Waals surface area contributed by atoms with Gasteiger partial charge in [0.05, 0.1) is 24.9 Å². The number of nitrogens with zero attached hydrogens (tertiary/aromatic N) is 1. The summed E-state index contributed by atoms with van der Waals surface area (Å²) in [6, 6.07) is 6.82. The number of nitrogens with one attached hydrogen (secondary N) is 1. The number of morpholine rings is 1. The first kappa shape index (κ1) is 12.8. The lowest BCUT2D eigenvalue weighted by Gasteiger charge is -2.21. The minimum absolute atomic E-state index is 0.249. The van der Waals surface area contributed by atoms with Gasteiger partial charge in [0.1, 0.15) is 5.01 Å². The van der Waals surface area contributed by atoms with Crippen LogP contribution >= 0.6 is 11.3 Å². The molecule has 19 heavy (non-hydrogen) atoms. The molecule has 1 atom stereocenters. The third-order valence-corrected chi connectivity index (χ3v) is 4.22. The summed E-state index contributed by atoms with van der Waals surface area (Å²) < 4.78 is 5.49. The molecule has 1 aromatic carbocycles. The fourth-order valence-corrected chi connectivity index (χ4v) is 3.31. The lowest BCUT2D eigenvalue weighted by Crippen LogP contribution is -2.34. The summed E-state index contributed by atoms with van der Waals surface area (Å²) in [7, 11) is 0. The SMILES string of the molecule is Cc1cc(C)cc(-c2csc(C3COCCN3)n2)c1. The van der Waals surface area contributed by atoms with Crippen LogP contribution in [0.15, 0.2) is 23.6 Å². The van der Waals surface area contributed by atoms with Crippen LogP contribution in [0.1, 0.15) is 22.2 Å². The predicted molar refractivity (Wildman–Crippen MR) is 78.6 cm³/mol. The first-order chi connectivity index (χ1) is 9.22. The molecule has 1 unspecified atom stereocenters. The number of hydrogen-bond donors (Lipinski definition) is 1. The summed E-state index contributed by atoms with van der Waals surface area (Å²) in [4.78, 5) is 4.76. The molecule has 0 spiro atoms. The summed E-state index contributed by atoms with van der Waals surface area (Å²) in [5.41, 5.74) is 4.84. The summed E-state index contributed by atoms with van der Waals surface area (Å²) in [6.07, 6.45) is 0. The van der Waals surface area contributed by atoms with Crippen molar-refractivity contribution in [3.8, 4) is 11.3 Å². The average Bonchev–Trinajstić information content (AvgIpc) is 2.88. The van der Waals surface area contributed by atoms with Crippen molar-refractivity contribution in [2.45, 2.75) is 19.9 Å². The van der Waals surface area contributed by atoms with E-state index >= 15 is 0 Å². The zero-order chi connectivity index (χ0) is 13.2. The second-order valence-corrected chi connectivity index (χ2v) is 5.92. The van der Waals surface area contributed by atoms with Gasteiger partial charge in [0.25, 0.3) is 0 Å². The number of hydrogen-bond acceptors (Lipinski definition) is 4. The Bertz CT molecular complexity index is 553. The molecule has 1 N–H and O–H groups in total. The highest BCUT2D eigenvalue weighted by molar-refractivity contribution is 7.10. The summed E-state index contributed by atoms with van der Waals surface area (Å²) in [6.45, 7) is 6.68. The number of rotatable bonds is 2. The second-order valence-electron chi connectivity index (χ2n) is 5.03. The van der Waals surface area contributed by atoms with E-state index in [0.29, 0.717) is 0 Å². The molecule has 1 aromatic heterocycles. The summed E-state index contributed by atoms with van der Waals surface area (Å²) >= 11 is 1.71. The molecule has 0 saturated carbocycles. The van der Waals surface area contributed by atoms with Crippen LogP contribution in [0.3, 0.4) is 0 Å². The van der Waals surface area contributed by atoms with Gasteiger partial charge in [0.15, 0.2) is 0 Å². The Kier molecular flexibility index (Phi) is 3.64. The molecule has 0 amide bonds. The van der Waals surface area contributed by atoms with E-state index in [4.69, 9.17) is 9.72 Å². The predicted octanol–water partition coefficient (Wildman–Crippen LogP) is 3.09. The first-order valence-corrected chi connectivity index (χ1v) is 7.45.